The maximum atomic E-state index is 9.35. The number of piperazine rings is 1. The minimum atomic E-state index is 0.255. The number of aromatic nitrogens is 2. The average molecular weight is 280 g/mol. The predicted octanol–water partition coefficient (Wildman–Crippen LogP) is 0.835. The van der Waals surface area contributed by atoms with Crippen LogP contribution in [0.1, 0.15) is 43.8 Å². The average Bonchev–Trinajstić information content (AvgIpc) is 3.23. The molecule has 3 rings (SSSR count). The highest BCUT2D eigenvalue weighted by atomic mass is 16.5. The molecule has 0 spiro atoms. The van der Waals surface area contributed by atoms with Crippen LogP contribution in [0, 0.1) is 0 Å². The van der Waals surface area contributed by atoms with E-state index in [0.717, 1.165) is 50.9 Å². The van der Waals surface area contributed by atoms with Crippen molar-refractivity contribution in [3.05, 3.63) is 11.7 Å². The number of aliphatic hydroxyl groups is 1. The van der Waals surface area contributed by atoms with Crippen molar-refractivity contribution in [2.45, 2.75) is 44.7 Å². The topological polar surface area (TPSA) is 65.6 Å². The van der Waals surface area contributed by atoms with Crippen molar-refractivity contribution in [1.29, 1.82) is 0 Å². The van der Waals surface area contributed by atoms with Crippen LogP contribution in [-0.2, 0) is 6.54 Å². The second-order valence-corrected chi connectivity index (χ2v) is 5.88. The molecule has 1 aromatic rings. The van der Waals surface area contributed by atoms with Crippen LogP contribution in [0.5, 0.6) is 0 Å². The summed E-state index contributed by atoms with van der Waals surface area (Å²) in [6, 6.07) is 0.307. The highest BCUT2D eigenvalue weighted by molar-refractivity contribution is 5.03. The summed E-state index contributed by atoms with van der Waals surface area (Å²) in [5, 5.41) is 13.4. The van der Waals surface area contributed by atoms with Crippen molar-refractivity contribution in [2.75, 3.05) is 32.8 Å². The van der Waals surface area contributed by atoms with Crippen LogP contribution in [0.3, 0.4) is 0 Å². The smallest absolute Gasteiger partial charge is 0.240 e. The number of hydrogen-bond acceptors (Lipinski definition) is 6. The molecule has 112 valence electrons. The largest absolute Gasteiger partial charge is 0.395 e. The molecule has 2 aliphatic rings. The first-order valence-electron chi connectivity index (χ1n) is 7.70. The molecule has 1 atom stereocenters. The van der Waals surface area contributed by atoms with E-state index in [0.29, 0.717) is 12.0 Å². The maximum Gasteiger partial charge on any atom is 0.240 e. The number of aliphatic hydroxyl groups excluding tert-OH is 1. The molecule has 0 aromatic carbocycles. The highest BCUT2D eigenvalue weighted by Gasteiger charge is 2.29. The fraction of sp³-hybridized carbons (Fsp3) is 0.857. The van der Waals surface area contributed by atoms with E-state index in [1.54, 1.807) is 0 Å². The van der Waals surface area contributed by atoms with Gasteiger partial charge in [0.25, 0.3) is 0 Å². The molecule has 0 radical (unpaired) electrons. The second-order valence-electron chi connectivity index (χ2n) is 5.88. The Morgan fingerprint density at radius 3 is 2.65 bits per heavy atom. The van der Waals surface area contributed by atoms with Crippen molar-refractivity contribution < 1.29 is 9.63 Å². The quantitative estimate of drug-likeness (QED) is 0.833. The Labute approximate surface area is 119 Å². The maximum absolute atomic E-state index is 9.35. The van der Waals surface area contributed by atoms with Gasteiger partial charge in [0, 0.05) is 38.1 Å². The molecule has 0 amide bonds. The molecular weight excluding hydrogens is 256 g/mol. The Hall–Kier alpha value is -0.980. The van der Waals surface area contributed by atoms with Gasteiger partial charge in [-0.3, -0.25) is 9.80 Å². The van der Waals surface area contributed by atoms with E-state index in [1.165, 1.54) is 12.8 Å². The summed E-state index contributed by atoms with van der Waals surface area (Å²) in [4.78, 5) is 9.21. The summed E-state index contributed by atoms with van der Waals surface area (Å²) in [5.74, 6) is 2.19. The summed E-state index contributed by atoms with van der Waals surface area (Å²) in [6.07, 6.45) is 3.42. The molecule has 20 heavy (non-hydrogen) atoms. The van der Waals surface area contributed by atoms with Crippen LogP contribution in [-0.4, -0.2) is 63.9 Å². The SMILES string of the molecule is CCC(CO)N1CCN(Cc2nc(C3CC3)no2)CC1. The van der Waals surface area contributed by atoms with Gasteiger partial charge in [-0.2, -0.15) is 4.98 Å². The van der Waals surface area contributed by atoms with Gasteiger partial charge in [0.05, 0.1) is 13.2 Å². The van der Waals surface area contributed by atoms with Crippen LogP contribution >= 0.6 is 0 Å². The Balaban J connectivity index is 1.47. The van der Waals surface area contributed by atoms with E-state index < -0.39 is 0 Å². The van der Waals surface area contributed by atoms with Crippen LogP contribution in [0.2, 0.25) is 0 Å². The standard InChI is InChI=1S/C14H24N4O2/c1-2-12(10-19)18-7-5-17(6-8-18)9-13-15-14(16-20-13)11-3-4-11/h11-12,19H,2-10H2,1H3. The van der Waals surface area contributed by atoms with Crippen molar-refractivity contribution in [2.24, 2.45) is 0 Å². The van der Waals surface area contributed by atoms with Crippen LogP contribution in [0.25, 0.3) is 0 Å². The van der Waals surface area contributed by atoms with Gasteiger partial charge >= 0.3 is 0 Å². The lowest BCUT2D eigenvalue weighted by atomic mass is 10.1. The first-order chi connectivity index (χ1) is 9.80. The summed E-state index contributed by atoms with van der Waals surface area (Å²) in [7, 11) is 0. The molecular formula is C14H24N4O2. The molecule has 6 nitrogen and oxygen atoms in total. The molecule has 2 heterocycles. The molecule has 1 aromatic heterocycles. The van der Waals surface area contributed by atoms with Gasteiger partial charge in [-0.15, -0.1) is 0 Å². The third kappa shape index (κ3) is 3.19. The van der Waals surface area contributed by atoms with Gasteiger partial charge in [-0.25, -0.2) is 0 Å². The monoisotopic (exact) mass is 280 g/mol. The molecule has 1 aliphatic carbocycles. The van der Waals surface area contributed by atoms with E-state index in [9.17, 15) is 5.11 Å². The minimum absolute atomic E-state index is 0.255. The van der Waals surface area contributed by atoms with E-state index >= 15 is 0 Å². The summed E-state index contributed by atoms with van der Waals surface area (Å²) >= 11 is 0. The minimum Gasteiger partial charge on any atom is -0.395 e. The van der Waals surface area contributed by atoms with Gasteiger partial charge < -0.3 is 9.63 Å². The van der Waals surface area contributed by atoms with E-state index in [1.807, 2.05) is 0 Å². The second kappa shape index (κ2) is 6.20. The van der Waals surface area contributed by atoms with Crippen LogP contribution in [0.4, 0.5) is 0 Å². The van der Waals surface area contributed by atoms with E-state index in [2.05, 4.69) is 26.9 Å². The molecule has 1 saturated carbocycles. The molecule has 2 fully saturated rings. The van der Waals surface area contributed by atoms with Crippen molar-refractivity contribution in [1.82, 2.24) is 19.9 Å². The normalized spacial score (nSPS) is 23.1. The Bertz CT molecular complexity index is 421. The van der Waals surface area contributed by atoms with Gasteiger partial charge in [-0.05, 0) is 19.3 Å². The summed E-state index contributed by atoms with van der Waals surface area (Å²) < 4.78 is 5.33. The fourth-order valence-electron chi connectivity index (χ4n) is 2.82. The first-order valence-corrected chi connectivity index (χ1v) is 7.70. The molecule has 6 heteroatoms. The highest BCUT2D eigenvalue weighted by Crippen LogP contribution is 2.38. The lowest BCUT2D eigenvalue weighted by Gasteiger charge is -2.37. The Morgan fingerprint density at radius 1 is 1.30 bits per heavy atom. The van der Waals surface area contributed by atoms with Crippen molar-refractivity contribution in [3.63, 3.8) is 0 Å². The lowest BCUT2D eigenvalue weighted by Crippen LogP contribution is -2.50. The molecule has 1 saturated heterocycles. The van der Waals surface area contributed by atoms with Crippen molar-refractivity contribution >= 4 is 0 Å². The third-order valence-corrected chi connectivity index (χ3v) is 4.39. The number of hydrogen-bond donors (Lipinski definition) is 1. The summed E-state index contributed by atoms with van der Waals surface area (Å²) in [5.41, 5.74) is 0. The third-order valence-electron chi connectivity index (χ3n) is 4.39. The van der Waals surface area contributed by atoms with Crippen molar-refractivity contribution in [3.8, 4) is 0 Å². The zero-order valence-electron chi connectivity index (χ0n) is 12.2. The number of rotatable bonds is 6. The van der Waals surface area contributed by atoms with E-state index in [-0.39, 0.29) is 6.61 Å². The van der Waals surface area contributed by atoms with Gasteiger partial charge in [0.1, 0.15) is 0 Å². The molecule has 0 bridgehead atoms. The number of nitrogens with zero attached hydrogens (tertiary/aromatic N) is 4. The van der Waals surface area contributed by atoms with Crippen LogP contribution in [0.15, 0.2) is 4.52 Å². The summed E-state index contributed by atoms with van der Waals surface area (Å²) in [6.45, 7) is 7.14. The fourth-order valence-corrected chi connectivity index (χ4v) is 2.82. The first kappa shape index (κ1) is 14.0. The van der Waals surface area contributed by atoms with Gasteiger partial charge in [0.2, 0.25) is 5.89 Å². The van der Waals surface area contributed by atoms with Gasteiger partial charge in [-0.1, -0.05) is 12.1 Å². The predicted molar refractivity (Wildman–Crippen MR) is 74.3 cm³/mol. The zero-order valence-corrected chi connectivity index (χ0v) is 12.2. The molecule has 1 N–H and O–H groups in total. The van der Waals surface area contributed by atoms with Gasteiger partial charge in [0.15, 0.2) is 5.82 Å². The van der Waals surface area contributed by atoms with E-state index in [4.69, 9.17) is 4.52 Å². The lowest BCUT2D eigenvalue weighted by molar-refractivity contribution is 0.0568. The van der Waals surface area contributed by atoms with Crippen LogP contribution < -0.4 is 0 Å². The zero-order chi connectivity index (χ0) is 13.9. The molecule has 1 aliphatic heterocycles. The Morgan fingerprint density at radius 2 is 2.05 bits per heavy atom. The molecule has 1 unspecified atom stereocenters. The Kier molecular flexibility index (Phi) is 4.33.